The van der Waals surface area contributed by atoms with Gasteiger partial charge in [-0.25, -0.2) is 0 Å². The van der Waals surface area contributed by atoms with Crippen molar-refractivity contribution in [1.82, 2.24) is 25.1 Å². The zero-order valence-corrected chi connectivity index (χ0v) is 14.4. The molecule has 3 aromatic rings. The summed E-state index contributed by atoms with van der Waals surface area (Å²) < 4.78 is 12.3. The van der Waals surface area contributed by atoms with Gasteiger partial charge in [0, 0.05) is 6.07 Å². The highest BCUT2D eigenvalue weighted by atomic mass is 16.5. The van der Waals surface area contributed by atoms with E-state index in [4.69, 9.17) is 9.47 Å². The van der Waals surface area contributed by atoms with Crippen molar-refractivity contribution < 1.29 is 14.3 Å². The molecule has 1 N–H and O–H groups in total. The first-order valence-corrected chi connectivity index (χ1v) is 8.49. The molecule has 0 aliphatic heterocycles. The molecule has 26 heavy (non-hydrogen) atoms. The average Bonchev–Trinajstić information content (AvgIpc) is 3.14. The highest BCUT2D eigenvalue weighted by molar-refractivity contribution is 5.78. The molecule has 8 nitrogen and oxygen atoms in total. The third-order valence-electron chi connectivity index (χ3n) is 4.49. The monoisotopic (exact) mass is 353 g/mol. The number of nitrogens with one attached hydrogen (secondary N) is 1. The van der Waals surface area contributed by atoms with E-state index in [9.17, 15) is 4.79 Å². The number of hydrogen-bond acceptors (Lipinski definition) is 6. The van der Waals surface area contributed by atoms with Crippen LogP contribution in [0.25, 0.3) is 5.65 Å². The van der Waals surface area contributed by atoms with Crippen molar-refractivity contribution in [2.45, 2.75) is 25.3 Å². The number of aryl methyl sites for hydroxylation is 1. The van der Waals surface area contributed by atoms with Crippen LogP contribution in [-0.2, 0) is 11.2 Å². The smallest absolute Gasteiger partial charge is 0.258 e. The van der Waals surface area contributed by atoms with Gasteiger partial charge in [0.1, 0.15) is 12.1 Å². The SMILES string of the molecule is COc1ccc2c(c1)CCC[C@@H]2NC(=O)COc1ccc2nncn2n1. The van der Waals surface area contributed by atoms with E-state index >= 15 is 0 Å². The van der Waals surface area contributed by atoms with Crippen LogP contribution in [0, 0.1) is 0 Å². The second kappa shape index (κ2) is 6.99. The van der Waals surface area contributed by atoms with Crippen molar-refractivity contribution >= 4 is 11.6 Å². The number of methoxy groups -OCH3 is 1. The normalized spacial score (nSPS) is 16.1. The van der Waals surface area contributed by atoms with Crippen LogP contribution in [0.1, 0.15) is 30.0 Å². The quantitative estimate of drug-likeness (QED) is 0.751. The number of rotatable bonds is 5. The molecule has 2 heterocycles. The van der Waals surface area contributed by atoms with Crippen molar-refractivity contribution in [3.8, 4) is 11.6 Å². The molecule has 8 heteroatoms. The average molecular weight is 353 g/mol. The summed E-state index contributed by atoms with van der Waals surface area (Å²) in [5.74, 6) is 1.01. The second-order valence-corrected chi connectivity index (χ2v) is 6.17. The van der Waals surface area contributed by atoms with E-state index in [0.29, 0.717) is 11.5 Å². The van der Waals surface area contributed by atoms with Gasteiger partial charge in [-0.2, -0.15) is 4.52 Å². The van der Waals surface area contributed by atoms with Crippen LogP contribution < -0.4 is 14.8 Å². The Hall–Kier alpha value is -3.16. The number of ether oxygens (including phenoxy) is 2. The maximum Gasteiger partial charge on any atom is 0.258 e. The summed E-state index contributed by atoms with van der Waals surface area (Å²) in [6.07, 6.45) is 4.42. The lowest BCUT2D eigenvalue weighted by Crippen LogP contribution is -2.34. The molecule has 1 atom stereocenters. The molecule has 0 fully saturated rings. The van der Waals surface area contributed by atoms with Gasteiger partial charge in [-0.1, -0.05) is 6.07 Å². The molecule has 0 spiro atoms. The summed E-state index contributed by atoms with van der Waals surface area (Å²) in [7, 11) is 1.66. The summed E-state index contributed by atoms with van der Waals surface area (Å²) in [5.41, 5.74) is 2.99. The Bertz CT molecular complexity index is 939. The van der Waals surface area contributed by atoms with Gasteiger partial charge in [-0.3, -0.25) is 4.79 Å². The first-order valence-electron chi connectivity index (χ1n) is 8.49. The minimum atomic E-state index is -0.177. The number of amides is 1. The van der Waals surface area contributed by atoms with Crippen LogP contribution in [0.2, 0.25) is 0 Å². The minimum Gasteiger partial charge on any atom is -0.497 e. The van der Waals surface area contributed by atoms with Crippen molar-refractivity contribution in [2.75, 3.05) is 13.7 Å². The van der Waals surface area contributed by atoms with E-state index < -0.39 is 0 Å². The Morgan fingerprint density at radius 1 is 1.35 bits per heavy atom. The van der Waals surface area contributed by atoms with Gasteiger partial charge in [0.25, 0.3) is 5.91 Å². The number of fused-ring (bicyclic) bond motifs is 2. The first-order chi connectivity index (χ1) is 12.7. The van der Waals surface area contributed by atoms with Gasteiger partial charge < -0.3 is 14.8 Å². The number of carbonyl (C=O) groups is 1. The minimum absolute atomic E-state index is 0.00551. The van der Waals surface area contributed by atoms with E-state index in [2.05, 4.69) is 20.6 Å². The molecule has 1 aliphatic carbocycles. The Kier molecular flexibility index (Phi) is 4.39. The Morgan fingerprint density at radius 2 is 2.27 bits per heavy atom. The lowest BCUT2D eigenvalue weighted by molar-refractivity contribution is -0.124. The van der Waals surface area contributed by atoms with Crippen molar-refractivity contribution in [3.05, 3.63) is 47.8 Å². The van der Waals surface area contributed by atoms with Crippen LogP contribution in [0.15, 0.2) is 36.7 Å². The molecule has 0 saturated carbocycles. The molecule has 0 unspecified atom stereocenters. The van der Waals surface area contributed by atoms with E-state index in [0.717, 1.165) is 30.6 Å². The van der Waals surface area contributed by atoms with E-state index in [-0.39, 0.29) is 18.6 Å². The maximum absolute atomic E-state index is 12.3. The maximum atomic E-state index is 12.3. The number of nitrogens with zero attached hydrogens (tertiary/aromatic N) is 4. The third-order valence-corrected chi connectivity index (χ3v) is 4.49. The molecule has 0 saturated heterocycles. The van der Waals surface area contributed by atoms with Crippen molar-refractivity contribution in [2.24, 2.45) is 0 Å². The van der Waals surface area contributed by atoms with E-state index in [1.54, 1.807) is 19.2 Å². The van der Waals surface area contributed by atoms with E-state index in [1.165, 1.54) is 16.4 Å². The summed E-state index contributed by atoms with van der Waals surface area (Å²) in [6.45, 7) is -0.0946. The molecule has 1 aliphatic rings. The summed E-state index contributed by atoms with van der Waals surface area (Å²) >= 11 is 0. The standard InChI is InChI=1S/C18H19N5O3/c1-25-13-5-6-14-12(9-13)3-2-4-15(14)20-17(24)10-26-18-8-7-16-21-19-11-23(16)22-18/h5-9,11,15H,2-4,10H2,1H3,(H,20,24)/t15-/m0/s1. The number of aromatic nitrogens is 4. The molecule has 2 aromatic heterocycles. The van der Waals surface area contributed by atoms with Gasteiger partial charge in [-0.15, -0.1) is 15.3 Å². The Morgan fingerprint density at radius 3 is 3.15 bits per heavy atom. The Labute approximate surface area is 150 Å². The number of carbonyl (C=O) groups excluding carboxylic acids is 1. The fraction of sp³-hybridized carbons (Fsp3) is 0.333. The molecule has 134 valence electrons. The molecule has 1 amide bonds. The van der Waals surface area contributed by atoms with Gasteiger partial charge in [-0.05, 0) is 48.6 Å². The summed E-state index contributed by atoms with van der Waals surface area (Å²) in [5, 5.41) is 14.9. The highest BCUT2D eigenvalue weighted by Gasteiger charge is 2.22. The van der Waals surface area contributed by atoms with E-state index in [1.807, 2.05) is 18.2 Å². The van der Waals surface area contributed by atoms with Crippen LogP contribution in [-0.4, -0.2) is 39.4 Å². The van der Waals surface area contributed by atoms with Crippen LogP contribution in [0.3, 0.4) is 0 Å². The second-order valence-electron chi connectivity index (χ2n) is 6.17. The first kappa shape index (κ1) is 16.3. The number of hydrogen-bond donors (Lipinski definition) is 1. The number of benzene rings is 1. The van der Waals surface area contributed by atoms with Crippen LogP contribution >= 0.6 is 0 Å². The molecule has 0 radical (unpaired) electrons. The lowest BCUT2D eigenvalue weighted by atomic mass is 9.87. The van der Waals surface area contributed by atoms with Crippen molar-refractivity contribution in [3.63, 3.8) is 0 Å². The predicted octanol–water partition coefficient (Wildman–Crippen LogP) is 1.71. The highest BCUT2D eigenvalue weighted by Crippen LogP contribution is 2.32. The fourth-order valence-electron chi connectivity index (χ4n) is 3.23. The molecule has 1 aromatic carbocycles. The topological polar surface area (TPSA) is 90.6 Å². The predicted molar refractivity (Wildman–Crippen MR) is 93.1 cm³/mol. The van der Waals surface area contributed by atoms with Gasteiger partial charge >= 0.3 is 0 Å². The molecule has 4 rings (SSSR count). The fourth-order valence-corrected chi connectivity index (χ4v) is 3.23. The van der Waals surface area contributed by atoms with Crippen LogP contribution in [0.4, 0.5) is 0 Å². The van der Waals surface area contributed by atoms with Crippen LogP contribution in [0.5, 0.6) is 11.6 Å². The molecule has 0 bridgehead atoms. The summed E-state index contributed by atoms with van der Waals surface area (Å²) in [4.78, 5) is 12.3. The van der Waals surface area contributed by atoms with Gasteiger partial charge in [0.2, 0.25) is 5.88 Å². The third kappa shape index (κ3) is 3.30. The Balaban J connectivity index is 1.39. The summed E-state index contributed by atoms with van der Waals surface area (Å²) in [6, 6.07) is 9.40. The lowest BCUT2D eigenvalue weighted by Gasteiger charge is -2.26. The van der Waals surface area contributed by atoms with Crippen molar-refractivity contribution in [1.29, 1.82) is 0 Å². The zero-order valence-electron chi connectivity index (χ0n) is 14.4. The van der Waals surface area contributed by atoms with Gasteiger partial charge in [0.15, 0.2) is 12.3 Å². The molecular formula is C18H19N5O3. The molecular weight excluding hydrogens is 334 g/mol. The zero-order chi connectivity index (χ0) is 17.9. The largest absolute Gasteiger partial charge is 0.497 e. The van der Waals surface area contributed by atoms with Gasteiger partial charge in [0.05, 0.1) is 13.2 Å².